The molecular formula is C50H33N5. The zero-order valence-electron chi connectivity index (χ0n) is 29.8. The summed E-state index contributed by atoms with van der Waals surface area (Å²) in [4.78, 5) is 20.3. The first kappa shape index (κ1) is 32.2. The zero-order valence-corrected chi connectivity index (χ0v) is 29.8. The minimum Gasteiger partial charge on any atom is -0.299 e. The third kappa shape index (κ3) is 6.14. The lowest BCUT2D eigenvalue weighted by atomic mass is 9.92. The lowest BCUT2D eigenvalue weighted by molar-refractivity contribution is 1.07. The van der Waals surface area contributed by atoms with Crippen LogP contribution in [0.2, 0.25) is 0 Å². The molecule has 0 amide bonds. The maximum Gasteiger partial charge on any atom is 0.164 e. The van der Waals surface area contributed by atoms with Gasteiger partial charge in [-0.1, -0.05) is 164 Å². The number of imidazole rings is 1. The van der Waals surface area contributed by atoms with Crippen LogP contribution in [0, 0.1) is 0 Å². The molecule has 0 atom stereocenters. The molecule has 0 unspecified atom stereocenters. The minimum absolute atomic E-state index is 0.616. The molecule has 0 N–H and O–H groups in total. The average molecular weight is 704 g/mol. The smallest absolute Gasteiger partial charge is 0.164 e. The van der Waals surface area contributed by atoms with Gasteiger partial charge in [0.05, 0.1) is 11.4 Å². The largest absolute Gasteiger partial charge is 0.299 e. The second-order valence-corrected chi connectivity index (χ2v) is 13.5. The van der Waals surface area contributed by atoms with Crippen molar-refractivity contribution in [1.82, 2.24) is 24.3 Å². The number of benzene rings is 7. The summed E-state index contributed by atoms with van der Waals surface area (Å²) in [5, 5.41) is 2.38. The lowest BCUT2D eigenvalue weighted by Gasteiger charge is -2.14. The monoisotopic (exact) mass is 703 g/mol. The van der Waals surface area contributed by atoms with Crippen LogP contribution in [0.1, 0.15) is 0 Å². The Balaban J connectivity index is 1.15. The van der Waals surface area contributed by atoms with Crippen LogP contribution in [-0.4, -0.2) is 24.3 Å². The summed E-state index contributed by atoms with van der Waals surface area (Å²) in [6.07, 6.45) is 2.08. The second-order valence-electron chi connectivity index (χ2n) is 13.5. The third-order valence-electron chi connectivity index (χ3n) is 10.1. The summed E-state index contributed by atoms with van der Waals surface area (Å²) < 4.78 is 2.17. The Morgan fingerprint density at radius 1 is 0.327 bits per heavy atom. The van der Waals surface area contributed by atoms with Crippen LogP contribution >= 0.6 is 0 Å². The third-order valence-corrected chi connectivity index (χ3v) is 10.1. The highest BCUT2D eigenvalue weighted by atomic mass is 15.0. The summed E-state index contributed by atoms with van der Waals surface area (Å²) in [6.45, 7) is 0. The Hall–Kier alpha value is -7.50. The first-order valence-corrected chi connectivity index (χ1v) is 18.4. The van der Waals surface area contributed by atoms with Crippen molar-refractivity contribution in [3.8, 4) is 78.9 Å². The molecule has 0 radical (unpaired) electrons. The summed E-state index contributed by atoms with van der Waals surface area (Å²) in [5.74, 6) is 1.88. The van der Waals surface area contributed by atoms with Crippen LogP contribution in [0.25, 0.3) is 95.4 Å². The predicted molar refractivity (Wildman–Crippen MR) is 224 cm³/mol. The summed E-state index contributed by atoms with van der Waals surface area (Å²) >= 11 is 0. The SMILES string of the molecule is c1ccc(-c2nc(-c3ccccc3)nc(-c3cc(-c4ccc(-c5nc6ccccn6c5-c5ccccc5)cc4)cc(-c4cccc5ccccc45)c3)n2)cc1. The van der Waals surface area contributed by atoms with Gasteiger partial charge in [0, 0.05) is 34.0 Å². The van der Waals surface area contributed by atoms with Crippen molar-refractivity contribution in [2.45, 2.75) is 0 Å². The van der Waals surface area contributed by atoms with E-state index in [1.165, 1.54) is 10.8 Å². The van der Waals surface area contributed by atoms with Gasteiger partial charge in [-0.2, -0.15) is 0 Å². The van der Waals surface area contributed by atoms with Gasteiger partial charge in [-0.25, -0.2) is 19.9 Å². The highest BCUT2D eigenvalue weighted by Crippen LogP contribution is 2.38. The van der Waals surface area contributed by atoms with Gasteiger partial charge in [-0.05, 0) is 63.4 Å². The Morgan fingerprint density at radius 2 is 0.855 bits per heavy atom. The van der Waals surface area contributed by atoms with Crippen LogP contribution in [-0.2, 0) is 0 Å². The normalized spacial score (nSPS) is 11.3. The molecule has 3 aromatic heterocycles. The molecule has 55 heavy (non-hydrogen) atoms. The maximum absolute atomic E-state index is 5.11. The number of aromatic nitrogens is 5. The van der Waals surface area contributed by atoms with Gasteiger partial charge >= 0.3 is 0 Å². The van der Waals surface area contributed by atoms with Gasteiger partial charge in [-0.3, -0.25) is 4.40 Å². The molecule has 5 nitrogen and oxygen atoms in total. The fourth-order valence-electron chi connectivity index (χ4n) is 7.38. The molecule has 3 heterocycles. The van der Waals surface area contributed by atoms with Crippen LogP contribution in [0.4, 0.5) is 0 Å². The molecule has 0 aliphatic rings. The summed E-state index contributed by atoms with van der Waals surface area (Å²) in [7, 11) is 0. The molecule has 0 aliphatic heterocycles. The van der Waals surface area contributed by atoms with E-state index >= 15 is 0 Å². The summed E-state index contributed by atoms with van der Waals surface area (Å²) in [5.41, 5.74) is 12.3. The standard InChI is InChI=1S/C50H33N5/c1-4-16-37(17-5-1)47-46(51-45-25-12-13-30-55(45)47)36-28-26-34(27-29-36)40-31-41(44-24-14-22-35-15-10-11-23-43(35)44)33-42(32-40)50-53-48(38-18-6-2-7-19-38)52-49(54-50)39-20-8-3-9-21-39/h1-33H. The van der Waals surface area contributed by atoms with E-state index in [4.69, 9.17) is 19.9 Å². The second kappa shape index (κ2) is 13.8. The van der Waals surface area contributed by atoms with Crippen molar-refractivity contribution in [3.05, 3.63) is 200 Å². The topological polar surface area (TPSA) is 56.0 Å². The van der Waals surface area contributed by atoms with Crippen molar-refractivity contribution >= 4 is 16.4 Å². The van der Waals surface area contributed by atoms with E-state index in [1.807, 2.05) is 78.9 Å². The molecule has 5 heteroatoms. The first-order valence-electron chi connectivity index (χ1n) is 18.4. The first-order chi connectivity index (χ1) is 27.2. The number of nitrogens with zero attached hydrogens (tertiary/aromatic N) is 5. The van der Waals surface area contributed by atoms with E-state index in [-0.39, 0.29) is 0 Å². The number of rotatable bonds is 7. The van der Waals surface area contributed by atoms with Gasteiger partial charge in [-0.15, -0.1) is 0 Å². The molecule has 0 spiro atoms. The molecule has 0 fully saturated rings. The van der Waals surface area contributed by atoms with Crippen LogP contribution in [0.3, 0.4) is 0 Å². The zero-order chi connectivity index (χ0) is 36.6. The Kier molecular flexibility index (Phi) is 8.08. The molecule has 0 bridgehead atoms. The number of pyridine rings is 1. The van der Waals surface area contributed by atoms with E-state index < -0.39 is 0 Å². The molecular weight excluding hydrogens is 671 g/mol. The minimum atomic E-state index is 0.616. The Morgan fingerprint density at radius 3 is 1.55 bits per heavy atom. The van der Waals surface area contributed by atoms with Crippen LogP contribution < -0.4 is 0 Å². The van der Waals surface area contributed by atoms with Gasteiger partial charge in [0.25, 0.3) is 0 Å². The van der Waals surface area contributed by atoms with Crippen LogP contribution in [0.5, 0.6) is 0 Å². The Bertz CT molecular complexity index is 2890. The van der Waals surface area contributed by atoms with E-state index in [0.29, 0.717) is 17.5 Å². The Labute approximate surface area is 319 Å². The molecule has 10 rings (SSSR count). The summed E-state index contributed by atoms with van der Waals surface area (Å²) in [6, 6.07) is 67.3. The lowest BCUT2D eigenvalue weighted by Crippen LogP contribution is -2.00. The number of hydrogen-bond acceptors (Lipinski definition) is 4. The quantitative estimate of drug-likeness (QED) is 0.166. The van der Waals surface area contributed by atoms with Crippen LogP contribution in [0.15, 0.2) is 200 Å². The average Bonchev–Trinajstić information content (AvgIpc) is 3.67. The molecule has 7 aromatic carbocycles. The maximum atomic E-state index is 5.11. The number of hydrogen-bond donors (Lipinski definition) is 0. The van der Waals surface area contributed by atoms with Gasteiger partial charge < -0.3 is 0 Å². The number of fused-ring (bicyclic) bond motifs is 2. The highest BCUT2D eigenvalue weighted by Gasteiger charge is 2.18. The van der Waals surface area contributed by atoms with E-state index in [0.717, 1.165) is 67.1 Å². The molecule has 0 aliphatic carbocycles. The van der Waals surface area contributed by atoms with Gasteiger partial charge in [0.1, 0.15) is 5.65 Å². The van der Waals surface area contributed by atoms with Crippen molar-refractivity contribution in [2.24, 2.45) is 0 Å². The molecule has 0 saturated heterocycles. The predicted octanol–water partition coefficient (Wildman–Crippen LogP) is 12.3. The van der Waals surface area contributed by atoms with E-state index in [2.05, 4.69) is 126 Å². The molecule has 10 aromatic rings. The van der Waals surface area contributed by atoms with Crippen molar-refractivity contribution in [2.75, 3.05) is 0 Å². The van der Waals surface area contributed by atoms with Crippen molar-refractivity contribution < 1.29 is 0 Å². The highest BCUT2D eigenvalue weighted by molar-refractivity contribution is 5.98. The molecule has 0 saturated carbocycles. The fourth-order valence-corrected chi connectivity index (χ4v) is 7.38. The van der Waals surface area contributed by atoms with E-state index in [9.17, 15) is 0 Å². The van der Waals surface area contributed by atoms with E-state index in [1.54, 1.807) is 0 Å². The van der Waals surface area contributed by atoms with Gasteiger partial charge in [0.2, 0.25) is 0 Å². The van der Waals surface area contributed by atoms with Gasteiger partial charge in [0.15, 0.2) is 17.5 Å². The molecule has 258 valence electrons. The van der Waals surface area contributed by atoms with Crippen molar-refractivity contribution in [3.63, 3.8) is 0 Å². The fraction of sp³-hybridized carbons (Fsp3) is 0. The van der Waals surface area contributed by atoms with Crippen molar-refractivity contribution in [1.29, 1.82) is 0 Å².